The van der Waals surface area contributed by atoms with Crippen LogP contribution in [0.3, 0.4) is 0 Å². The number of aliphatic hydroxyl groups is 1. The summed E-state index contributed by atoms with van der Waals surface area (Å²) in [5, 5.41) is 34.1. The smallest absolute Gasteiger partial charge is 0.280 e. The van der Waals surface area contributed by atoms with Crippen molar-refractivity contribution in [3.8, 4) is 28.4 Å². The molecular formula is C27H24N2O9. The summed E-state index contributed by atoms with van der Waals surface area (Å²) >= 11 is 0. The highest BCUT2D eigenvalue weighted by molar-refractivity contribution is 6.05. The van der Waals surface area contributed by atoms with E-state index in [2.05, 4.69) is 0 Å². The number of aromatic hydroxyl groups is 2. The predicted octanol–water partition coefficient (Wildman–Crippen LogP) is 2.69. The second kappa shape index (κ2) is 7.73. The minimum atomic E-state index is -1.10. The Hall–Kier alpha value is -4.06. The van der Waals surface area contributed by atoms with E-state index in [0.29, 0.717) is 35.0 Å². The lowest BCUT2D eigenvalue weighted by Crippen LogP contribution is -2.29. The van der Waals surface area contributed by atoms with Crippen LogP contribution in [0, 0.1) is 6.92 Å². The first kappa shape index (κ1) is 23.1. The van der Waals surface area contributed by atoms with Crippen LogP contribution in [0.4, 0.5) is 0 Å². The molecule has 4 aromatic rings. The van der Waals surface area contributed by atoms with Crippen molar-refractivity contribution in [3.05, 3.63) is 60.9 Å². The number of phenols is 2. The molecule has 0 amide bonds. The van der Waals surface area contributed by atoms with Crippen LogP contribution >= 0.6 is 0 Å². The fourth-order valence-electron chi connectivity index (χ4n) is 6.22. The summed E-state index contributed by atoms with van der Waals surface area (Å²) < 4.78 is 24.3. The van der Waals surface area contributed by atoms with E-state index in [4.69, 9.17) is 24.5 Å². The Labute approximate surface area is 214 Å². The van der Waals surface area contributed by atoms with Crippen molar-refractivity contribution in [1.82, 2.24) is 4.68 Å². The highest BCUT2D eigenvalue weighted by Gasteiger charge is 2.41. The molecule has 11 nitrogen and oxygen atoms in total. The van der Waals surface area contributed by atoms with Crippen molar-refractivity contribution >= 4 is 21.7 Å². The zero-order valence-electron chi connectivity index (χ0n) is 20.5. The number of aromatic nitrogens is 1. The molecule has 7 rings (SSSR count). The van der Waals surface area contributed by atoms with Crippen LogP contribution in [-0.2, 0) is 15.9 Å². The van der Waals surface area contributed by atoms with Gasteiger partial charge in [-0.3, -0.25) is 9.59 Å². The van der Waals surface area contributed by atoms with E-state index < -0.39 is 35.0 Å². The third-order valence-electron chi connectivity index (χ3n) is 8.02. The number of fused-ring (bicyclic) bond motifs is 6. The van der Waals surface area contributed by atoms with E-state index in [9.17, 15) is 24.9 Å². The summed E-state index contributed by atoms with van der Waals surface area (Å²) in [5.74, 6) is 5.46. The Morgan fingerprint density at radius 3 is 2.61 bits per heavy atom. The van der Waals surface area contributed by atoms with Crippen LogP contribution in [0.1, 0.15) is 59.3 Å². The molecule has 11 heteroatoms. The van der Waals surface area contributed by atoms with Crippen LogP contribution in [0.25, 0.3) is 32.9 Å². The number of nitrogens with two attached hydrogens (primary N) is 1. The third kappa shape index (κ3) is 2.78. The van der Waals surface area contributed by atoms with Crippen molar-refractivity contribution in [1.29, 1.82) is 0 Å². The van der Waals surface area contributed by atoms with Crippen LogP contribution in [0.15, 0.2) is 26.1 Å². The quantitative estimate of drug-likeness (QED) is 0.274. The molecule has 0 radical (unpaired) electrons. The number of aryl methyl sites for hydroxylation is 1. The summed E-state index contributed by atoms with van der Waals surface area (Å²) in [7, 11) is 1.49. The van der Waals surface area contributed by atoms with E-state index in [0.717, 1.165) is 4.68 Å². The monoisotopic (exact) mass is 520 g/mol. The maximum atomic E-state index is 13.8. The number of pyridine rings is 1. The molecule has 5 N–H and O–H groups in total. The molecule has 3 unspecified atom stereocenters. The number of nitrogen functional groups attached to an aromatic ring is 1. The second-order valence-corrected chi connectivity index (χ2v) is 10.0. The number of phenolic OH excluding ortho intramolecular Hbond substituents is 2. The van der Waals surface area contributed by atoms with Gasteiger partial charge in [-0.05, 0) is 42.8 Å². The zero-order chi connectivity index (χ0) is 26.6. The van der Waals surface area contributed by atoms with Gasteiger partial charge in [0.05, 0.1) is 23.2 Å². The van der Waals surface area contributed by atoms with E-state index >= 15 is 0 Å². The van der Waals surface area contributed by atoms with Gasteiger partial charge in [-0.2, -0.15) is 0 Å². The Kier molecular flexibility index (Phi) is 4.70. The molecule has 0 fully saturated rings. The molecule has 0 saturated carbocycles. The van der Waals surface area contributed by atoms with Crippen molar-refractivity contribution in [2.45, 2.75) is 44.5 Å². The Morgan fingerprint density at radius 2 is 1.84 bits per heavy atom. The molecular weight excluding hydrogens is 496 g/mol. The molecule has 0 spiro atoms. The molecule has 3 atom stereocenters. The number of rotatable bonds is 1. The van der Waals surface area contributed by atoms with Crippen LogP contribution in [0.5, 0.6) is 17.2 Å². The van der Waals surface area contributed by atoms with Gasteiger partial charge in [0.15, 0.2) is 18.1 Å². The topological polar surface area (TPSA) is 167 Å². The number of methoxy groups -OCH3 is 1. The van der Waals surface area contributed by atoms with Crippen molar-refractivity contribution in [2.75, 3.05) is 19.7 Å². The minimum absolute atomic E-state index is 0.0121. The number of ether oxygens (including phenoxy) is 3. The number of benzene rings is 2. The van der Waals surface area contributed by atoms with Gasteiger partial charge in [0.2, 0.25) is 5.43 Å². The van der Waals surface area contributed by atoms with Crippen molar-refractivity contribution < 1.29 is 33.9 Å². The maximum Gasteiger partial charge on any atom is 0.280 e. The first-order chi connectivity index (χ1) is 18.2. The Morgan fingerprint density at radius 1 is 1.08 bits per heavy atom. The number of aliphatic hydroxyl groups excluding tert-OH is 1. The lowest BCUT2D eigenvalue weighted by atomic mass is 9.79. The first-order valence-electron chi connectivity index (χ1n) is 12.2. The molecule has 1 aliphatic heterocycles. The Bertz CT molecular complexity index is 1840. The maximum absolute atomic E-state index is 13.8. The Balaban J connectivity index is 1.65. The van der Waals surface area contributed by atoms with Gasteiger partial charge < -0.3 is 39.8 Å². The van der Waals surface area contributed by atoms with Gasteiger partial charge in [0, 0.05) is 35.9 Å². The third-order valence-corrected chi connectivity index (χ3v) is 8.02. The average Bonchev–Trinajstić information content (AvgIpc) is 2.89. The largest absolute Gasteiger partial charge is 0.506 e. The zero-order valence-corrected chi connectivity index (χ0v) is 20.5. The summed E-state index contributed by atoms with van der Waals surface area (Å²) in [6.45, 7) is 1.56. The van der Waals surface area contributed by atoms with E-state index in [1.807, 2.05) is 0 Å². The second-order valence-electron chi connectivity index (χ2n) is 10.0. The van der Waals surface area contributed by atoms with Gasteiger partial charge >= 0.3 is 0 Å². The number of nitrogens with zero attached hydrogens (tertiary/aromatic N) is 1. The van der Waals surface area contributed by atoms with E-state index in [-0.39, 0.29) is 63.5 Å². The molecule has 3 aliphatic rings. The lowest BCUT2D eigenvalue weighted by Gasteiger charge is -2.35. The summed E-state index contributed by atoms with van der Waals surface area (Å²) in [5.41, 5.74) is 0.626. The number of hydrogen-bond acceptors (Lipinski definition) is 10. The SMILES string of the molecule is COC1CCC(O)c2c1oc1c3c4c(c(O)c1c2=O)-c1c(cc2cc(C)n(N)c(=O)c2c1O)CC4OCO3. The number of hydrogen-bond donors (Lipinski definition) is 4. The lowest BCUT2D eigenvalue weighted by molar-refractivity contribution is -0.0592. The van der Waals surface area contributed by atoms with Gasteiger partial charge in [-0.15, -0.1) is 0 Å². The molecule has 0 saturated heterocycles. The summed E-state index contributed by atoms with van der Waals surface area (Å²) in [4.78, 5) is 26.8. The van der Waals surface area contributed by atoms with Gasteiger partial charge in [-0.1, -0.05) is 0 Å². The standard InChI is InChI=1S/C27H24N2O9/c1-9-5-10-6-11-7-14-18-19(15(11)21(31)16(10)27(34)29(9)28)23(33)20-22(32)17-12(30)3-4-13(35-2)24(17)38-26(20)25(18)37-8-36-14/h5-6,12-14,30-31,33H,3-4,7-8,28H2,1-2H3. The molecule has 0 bridgehead atoms. The highest BCUT2D eigenvalue weighted by Crippen LogP contribution is 2.57. The summed E-state index contributed by atoms with van der Waals surface area (Å²) in [6.07, 6.45) is -1.18. The molecule has 2 aromatic heterocycles. The van der Waals surface area contributed by atoms with Gasteiger partial charge in [0.1, 0.15) is 28.7 Å². The first-order valence-corrected chi connectivity index (χ1v) is 12.2. The fraction of sp³-hybridized carbons (Fsp3) is 0.333. The van der Waals surface area contributed by atoms with Crippen molar-refractivity contribution in [2.24, 2.45) is 0 Å². The predicted molar refractivity (Wildman–Crippen MR) is 135 cm³/mol. The van der Waals surface area contributed by atoms with E-state index in [1.54, 1.807) is 19.1 Å². The van der Waals surface area contributed by atoms with Crippen LogP contribution < -0.4 is 21.6 Å². The highest BCUT2D eigenvalue weighted by atomic mass is 16.7. The van der Waals surface area contributed by atoms with Crippen LogP contribution in [0.2, 0.25) is 0 Å². The fourth-order valence-corrected chi connectivity index (χ4v) is 6.22. The summed E-state index contributed by atoms with van der Waals surface area (Å²) in [6, 6.07) is 3.45. The van der Waals surface area contributed by atoms with Crippen molar-refractivity contribution in [3.63, 3.8) is 0 Å². The molecule has 2 aliphatic carbocycles. The minimum Gasteiger partial charge on any atom is -0.506 e. The van der Waals surface area contributed by atoms with Gasteiger partial charge in [0.25, 0.3) is 5.56 Å². The van der Waals surface area contributed by atoms with E-state index in [1.165, 1.54) is 7.11 Å². The molecule has 38 heavy (non-hydrogen) atoms. The molecule has 3 heterocycles. The van der Waals surface area contributed by atoms with Gasteiger partial charge in [-0.25, -0.2) is 4.68 Å². The van der Waals surface area contributed by atoms with Crippen LogP contribution in [-0.4, -0.2) is 33.9 Å². The molecule has 196 valence electrons. The normalized spacial score (nSPS) is 21.6. The molecule has 2 aromatic carbocycles. The average molecular weight is 520 g/mol.